The van der Waals surface area contributed by atoms with E-state index in [-0.39, 0.29) is 0 Å². The van der Waals surface area contributed by atoms with Crippen LogP contribution in [0.4, 0.5) is 0 Å². The normalized spacial score (nSPS) is 11.3. The first-order valence-corrected chi connectivity index (χ1v) is 13.3. The predicted octanol–water partition coefficient (Wildman–Crippen LogP) is 9.34. The van der Waals surface area contributed by atoms with Gasteiger partial charge in [0.05, 0.1) is 22.4 Å². The molecule has 0 saturated carbocycles. The molecule has 0 atom stereocenters. The molecule has 0 unspecified atom stereocenters. The molecule has 0 saturated heterocycles. The molecule has 3 nitrogen and oxygen atoms in total. The van der Waals surface area contributed by atoms with Crippen molar-refractivity contribution in [3.63, 3.8) is 0 Å². The largest absolute Gasteiger partial charge is 0.309 e. The Morgan fingerprint density at radius 2 is 1.08 bits per heavy atom. The number of nitrogens with zero attached hydrogens (tertiary/aromatic N) is 3. The Kier molecular flexibility index (Phi) is 5.60. The standard InChI is InChI=1S/C34H22BrN3/c35-28-18-10-20-32-33(28)27-17-7-8-19-31(27)38(32)26-16-9-15-25(21-26)34-36-29(23-11-3-1-4-12-23)22-30(37-34)24-13-5-2-6-14-24/h1-22H. The Labute approximate surface area is 229 Å². The molecular weight excluding hydrogens is 530 g/mol. The lowest BCUT2D eigenvalue weighted by Crippen LogP contribution is -1.98. The number of halogens is 1. The smallest absolute Gasteiger partial charge is 0.160 e. The lowest BCUT2D eigenvalue weighted by Gasteiger charge is -2.12. The predicted molar refractivity (Wildman–Crippen MR) is 160 cm³/mol. The molecule has 0 bridgehead atoms. The fraction of sp³-hybridized carbons (Fsp3) is 0. The van der Waals surface area contributed by atoms with Crippen molar-refractivity contribution in [1.82, 2.24) is 14.5 Å². The van der Waals surface area contributed by atoms with Gasteiger partial charge in [-0.15, -0.1) is 0 Å². The zero-order valence-electron chi connectivity index (χ0n) is 20.4. The number of hydrogen-bond donors (Lipinski definition) is 0. The average molecular weight is 552 g/mol. The van der Waals surface area contributed by atoms with Gasteiger partial charge in [0.25, 0.3) is 0 Å². The molecule has 0 radical (unpaired) electrons. The summed E-state index contributed by atoms with van der Waals surface area (Å²) in [6, 6.07) is 46.1. The highest BCUT2D eigenvalue weighted by Gasteiger charge is 2.16. The second-order valence-electron chi connectivity index (χ2n) is 9.23. The topological polar surface area (TPSA) is 30.7 Å². The lowest BCUT2D eigenvalue weighted by molar-refractivity contribution is 1.16. The number of fused-ring (bicyclic) bond motifs is 3. The molecule has 4 heteroatoms. The second-order valence-corrected chi connectivity index (χ2v) is 10.1. The summed E-state index contributed by atoms with van der Waals surface area (Å²) in [5.41, 5.74) is 8.30. The Bertz CT molecular complexity index is 1870. The monoisotopic (exact) mass is 551 g/mol. The van der Waals surface area contributed by atoms with E-state index < -0.39 is 0 Å². The van der Waals surface area contributed by atoms with Gasteiger partial charge >= 0.3 is 0 Å². The summed E-state index contributed by atoms with van der Waals surface area (Å²) in [5, 5.41) is 2.43. The van der Waals surface area contributed by atoms with E-state index in [1.54, 1.807) is 0 Å². The fourth-order valence-corrected chi connectivity index (χ4v) is 5.70. The lowest BCUT2D eigenvalue weighted by atomic mass is 10.1. The van der Waals surface area contributed by atoms with E-state index >= 15 is 0 Å². The molecule has 0 spiro atoms. The van der Waals surface area contributed by atoms with E-state index in [9.17, 15) is 0 Å². The molecule has 180 valence electrons. The minimum atomic E-state index is 0.703. The van der Waals surface area contributed by atoms with Crippen LogP contribution in [0.1, 0.15) is 0 Å². The molecule has 5 aromatic carbocycles. The highest BCUT2D eigenvalue weighted by Crippen LogP contribution is 2.37. The number of para-hydroxylation sites is 1. The zero-order chi connectivity index (χ0) is 25.5. The molecule has 0 aliphatic carbocycles. The highest BCUT2D eigenvalue weighted by molar-refractivity contribution is 9.10. The van der Waals surface area contributed by atoms with Gasteiger partial charge in [0.2, 0.25) is 0 Å². The van der Waals surface area contributed by atoms with E-state index in [1.807, 2.05) is 36.4 Å². The number of benzene rings is 5. The third-order valence-corrected chi connectivity index (χ3v) is 7.54. The van der Waals surface area contributed by atoms with Crippen LogP contribution in [0.2, 0.25) is 0 Å². The first-order chi connectivity index (χ1) is 18.8. The maximum Gasteiger partial charge on any atom is 0.160 e. The summed E-state index contributed by atoms with van der Waals surface area (Å²) in [5.74, 6) is 0.703. The summed E-state index contributed by atoms with van der Waals surface area (Å²) >= 11 is 3.78. The first kappa shape index (κ1) is 22.6. The zero-order valence-corrected chi connectivity index (χ0v) is 22.0. The third kappa shape index (κ3) is 3.90. The van der Waals surface area contributed by atoms with Crippen LogP contribution < -0.4 is 0 Å². The molecular formula is C34H22BrN3. The van der Waals surface area contributed by atoms with E-state index in [1.165, 1.54) is 10.8 Å². The van der Waals surface area contributed by atoms with Crippen molar-refractivity contribution in [2.45, 2.75) is 0 Å². The van der Waals surface area contributed by atoms with Gasteiger partial charge in [-0.3, -0.25) is 0 Å². The van der Waals surface area contributed by atoms with E-state index in [0.29, 0.717) is 5.82 Å². The van der Waals surface area contributed by atoms with Crippen molar-refractivity contribution in [2.24, 2.45) is 0 Å². The van der Waals surface area contributed by atoms with E-state index in [2.05, 4.69) is 118 Å². The average Bonchev–Trinajstić information content (AvgIpc) is 3.33. The first-order valence-electron chi connectivity index (χ1n) is 12.5. The number of hydrogen-bond acceptors (Lipinski definition) is 2. The van der Waals surface area contributed by atoms with Gasteiger partial charge in [-0.1, -0.05) is 113 Å². The highest BCUT2D eigenvalue weighted by atomic mass is 79.9. The Morgan fingerprint density at radius 3 is 1.79 bits per heavy atom. The van der Waals surface area contributed by atoms with Gasteiger partial charge in [-0.25, -0.2) is 9.97 Å². The summed E-state index contributed by atoms with van der Waals surface area (Å²) < 4.78 is 3.41. The Balaban J connectivity index is 1.44. The van der Waals surface area contributed by atoms with Gasteiger partial charge in [0.1, 0.15) is 0 Å². The molecule has 38 heavy (non-hydrogen) atoms. The van der Waals surface area contributed by atoms with Gasteiger partial charge in [-0.05, 0) is 36.4 Å². The van der Waals surface area contributed by atoms with Crippen LogP contribution in [0.15, 0.2) is 138 Å². The van der Waals surface area contributed by atoms with Gasteiger partial charge < -0.3 is 4.57 Å². The summed E-state index contributed by atoms with van der Waals surface area (Å²) in [7, 11) is 0. The molecule has 0 amide bonds. The quantitative estimate of drug-likeness (QED) is 0.218. The molecule has 7 aromatic rings. The molecule has 0 N–H and O–H groups in total. The SMILES string of the molecule is Brc1cccc2c1c1ccccc1n2-c1cccc(-c2nc(-c3ccccc3)cc(-c3ccccc3)n2)c1. The molecule has 2 aromatic heterocycles. The Hall–Kier alpha value is -4.54. The number of rotatable bonds is 4. The van der Waals surface area contributed by atoms with Gasteiger partial charge in [-0.2, -0.15) is 0 Å². The molecule has 0 aliphatic heterocycles. The van der Waals surface area contributed by atoms with Crippen molar-refractivity contribution < 1.29 is 0 Å². The summed E-state index contributed by atoms with van der Waals surface area (Å²) in [4.78, 5) is 10.1. The minimum absolute atomic E-state index is 0.703. The molecule has 0 aliphatic rings. The van der Waals surface area contributed by atoms with Gasteiger partial charge in [0, 0.05) is 37.6 Å². The van der Waals surface area contributed by atoms with E-state index in [0.717, 1.165) is 49.3 Å². The molecule has 2 heterocycles. The minimum Gasteiger partial charge on any atom is -0.309 e. The van der Waals surface area contributed by atoms with Crippen molar-refractivity contribution in [2.75, 3.05) is 0 Å². The van der Waals surface area contributed by atoms with E-state index in [4.69, 9.17) is 9.97 Å². The van der Waals surface area contributed by atoms with Crippen molar-refractivity contribution in [1.29, 1.82) is 0 Å². The molecule has 0 fully saturated rings. The third-order valence-electron chi connectivity index (χ3n) is 6.87. The van der Waals surface area contributed by atoms with Crippen LogP contribution >= 0.6 is 15.9 Å². The Morgan fingerprint density at radius 1 is 0.500 bits per heavy atom. The number of aromatic nitrogens is 3. The maximum atomic E-state index is 5.03. The van der Waals surface area contributed by atoms with Crippen LogP contribution in [0.25, 0.3) is 61.4 Å². The van der Waals surface area contributed by atoms with Crippen molar-refractivity contribution in [3.8, 4) is 39.6 Å². The van der Waals surface area contributed by atoms with Crippen LogP contribution in [-0.2, 0) is 0 Å². The second kappa shape index (κ2) is 9.40. The maximum absolute atomic E-state index is 5.03. The van der Waals surface area contributed by atoms with Gasteiger partial charge in [0.15, 0.2) is 5.82 Å². The summed E-state index contributed by atoms with van der Waals surface area (Å²) in [6.45, 7) is 0. The molecule has 7 rings (SSSR count). The van der Waals surface area contributed by atoms with Crippen molar-refractivity contribution in [3.05, 3.63) is 138 Å². The fourth-order valence-electron chi connectivity index (χ4n) is 5.13. The van der Waals surface area contributed by atoms with Crippen LogP contribution in [0.5, 0.6) is 0 Å². The van der Waals surface area contributed by atoms with Crippen LogP contribution in [0, 0.1) is 0 Å². The van der Waals surface area contributed by atoms with Crippen LogP contribution in [-0.4, -0.2) is 14.5 Å². The summed E-state index contributed by atoms with van der Waals surface area (Å²) in [6.07, 6.45) is 0. The van der Waals surface area contributed by atoms with Crippen LogP contribution in [0.3, 0.4) is 0 Å². The van der Waals surface area contributed by atoms with Crippen molar-refractivity contribution >= 4 is 37.7 Å².